The van der Waals surface area contributed by atoms with Gasteiger partial charge in [-0.05, 0) is 25.8 Å². The molecule has 4 heterocycles. The number of fused-ring (bicyclic) bond motifs is 1. The van der Waals surface area contributed by atoms with Crippen molar-refractivity contribution in [2.75, 3.05) is 0 Å². The zero-order chi connectivity index (χ0) is 17.0. The maximum absolute atomic E-state index is 4.77. The smallest absolute Gasteiger partial charge is 0.235 e. The Balaban J connectivity index is 1.88. The van der Waals surface area contributed by atoms with Crippen LogP contribution >= 0.6 is 22.7 Å². The number of hydrogen-bond donors (Lipinski definition) is 0. The monoisotopic (exact) mass is 359 g/mol. The molecule has 9 heteroatoms. The van der Waals surface area contributed by atoms with Crippen molar-refractivity contribution in [1.82, 2.24) is 34.6 Å². The van der Waals surface area contributed by atoms with Crippen molar-refractivity contribution in [2.24, 2.45) is 7.05 Å². The van der Waals surface area contributed by atoms with Crippen LogP contribution in [0.5, 0.6) is 0 Å². The molecule has 0 spiro atoms. The first kappa shape index (κ1) is 15.4. The van der Waals surface area contributed by atoms with E-state index in [1.165, 1.54) is 0 Å². The summed E-state index contributed by atoms with van der Waals surface area (Å²) in [5, 5.41) is 19.7. The summed E-state index contributed by atoms with van der Waals surface area (Å²) in [6.45, 7) is 8.30. The predicted octanol–water partition coefficient (Wildman–Crippen LogP) is 3.45. The molecule has 4 rings (SSSR count). The highest BCUT2D eigenvalue weighted by molar-refractivity contribution is 7.24. The summed E-state index contributed by atoms with van der Waals surface area (Å²) in [5.41, 5.74) is 2.95. The van der Waals surface area contributed by atoms with Gasteiger partial charge in [0.15, 0.2) is 5.01 Å². The third-order valence-electron chi connectivity index (χ3n) is 3.72. The molecule has 0 bridgehead atoms. The fourth-order valence-corrected chi connectivity index (χ4v) is 4.67. The van der Waals surface area contributed by atoms with E-state index in [1.54, 1.807) is 31.9 Å². The van der Waals surface area contributed by atoms with Crippen molar-refractivity contribution >= 4 is 27.6 Å². The molecule has 0 aliphatic rings. The van der Waals surface area contributed by atoms with Crippen LogP contribution in [0.25, 0.3) is 26.4 Å². The highest BCUT2D eigenvalue weighted by atomic mass is 32.1. The highest BCUT2D eigenvalue weighted by Crippen LogP contribution is 2.37. The van der Waals surface area contributed by atoms with Crippen molar-refractivity contribution in [3.05, 3.63) is 22.5 Å². The van der Waals surface area contributed by atoms with Crippen molar-refractivity contribution in [1.29, 1.82) is 0 Å². The van der Waals surface area contributed by atoms with Gasteiger partial charge in [-0.2, -0.15) is 14.7 Å². The number of nitrogens with zero attached hydrogens (tertiary/aromatic N) is 7. The van der Waals surface area contributed by atoms with Crippen LogP contribution in [0.3, 0.4) is 0 Å². The Morgan fingerprint density at radius 2 is 1.88 bits per heavy atom. The number of thiazole rings is 1. The SMILES string of the molecule is Cc1cc(-c2nnc3sc(-c4sc(C)nc4C(C)C)nn23)n(C)n1. The lowest BCUT2D eigenvalue weighted by atomic mass is 10.1. The summed E-state index contributed by atoms with van der Waals surface area (Å²) in [7, 11) is 1.90. The third-order valence-corrected chi connectivity index (χ3v) is 5.76. The molecule has 0 amide bonds. The third kappa shape index (κ3) is 2.35. The standard InChI is InChI=1S/C15H17N7S2/c1-7(2)11-12(23-9(4)16-11)14-20-22-13(17-18-15(22)24-14)10-6-8(3)19-21(10)5/h6-7H,1-5H3. The minimum atomic E-state index is 0.360. The van der Waals surface area contributed by atoms with Gasteiger partial charge in [0.2, 0.25) is 10.8 Å². The maximum atomic E-state index is 4.77. The van der Waals surface area contributed by atoms with Crippen molar-refractivity contribution in [3.8, 4) is 21.4 Å². The van der Waals surface area contributed by atoms with E-state index in [0.29, 0.717) is 11.7 Å². The van der Waals surface area contributed by atoms with Gasteiger partial charge >= 0.3 is 0 Å². The molecule has 0 saturated heterocycles. The molecular formula is C15H17N7S2. The summed E-state index contributed by atoms with van der Waals surface area (Å²) in [6, 6.07) is 1.99. The Bertz CT molecular complexity index is 1030. The summed E-state index contributed by atoms with van der Waals surface area (Å²) in [6.07, 6.45) is 0. The van der Waals surface area contributed by atoms with Crippen LogP contribution in [0.1, 0.15) is 36.2 Å². The largest absolute Gasteiger partial charge is 0.264 e. The van der Waals surface area contributed by atoms with E-state index in [4.69, 9.17) is 5.10 Å². The van der Waals surface area contributed by atoms with E-state index in [2.05, 4.69) is 34.1 Å². The molecule has 7 nitrogen and oxygen atoms in total. The van der Waals surface area contributed by atoms with E-state index < -0.39 is 0 Å². The molecule has 24 heavy (non-hydrogen) atoms. The molecule has 0 N–H and O–H groups in total. The van der Waals surface area contributed by atoms with Crippen molar-refractivity contribution < 1.29 is 0 Å². The molecule has 0 saturated carbocycles. The van der Waals surface area contributed by atoms with Crippen molar-refractivity contribution in [3.63, 3.8) is 0 Å². The second-order valence-corrected chi connectivity index (χ2v) is 8.18. The van der Waals surface area contributed by atoms with Gasteiger partial charge in [-0.3, -0.25) is 4.68 Å². The van der Waals surface area contributed by atoms with Crippen LogP contribution in [0.2, 0.25) is 0 Å². The van der Waals surface area contributed by atoms with Crippen LogP contribution in [-0.4, -0.2) is 34.6 Å². The van der Waals surface area contributed by atoms with Gasteiger partial charge in [0.25, 0.3) is 0 Å². The van der Waals surface area contributed by atoms with Gasteiger partial charge in [-0.25, -0.2) is 4.98 Å². The molecule has 0 aliphatic heterocycles. The Labute approximate surface area is 147 Å². The fraction of sp³-hybridized carbons (Fsp3) is 0.400. The summed E-state index contributed by atoms with van der Waals surface area (Å²) in [4.78, 5) is 6.57. The fourth-order valence-electron chi connectivity index (χ4n) is 2.68. The Morgan fingerprint density at radius 1 is 1.08 bits per heavy atom. The van der Waals surface area contributed by atoms with Crippen LogP contribution in [0.15, 0.2) is 6.07 Å². The van der Waals surface area contributed by atoms with E-state index in [1.807, 2.05) is 27.0 Å². The Kier molecular flexibility index (Phi) is 3.50. The predicted molar refractivity (Wildman–Crippen MR) is 95.5 cm³/mol. The molecule has 124 valence electrons. The molecule has 4 aromatic heterocycles. The van der Waals surface area contributed by atoms with E-state index in [-0.39, 0.29) is 0 Å². The molecule has 4 aromatic rings. The lowest BCUT2D eigenvalue weighted by Crippen LogP contribution is -1.98. The number of hydrogen-bond acceptors (Lipinski definition) is 7. The minimum absolute atomic E-state index is 0.360. The maximum Gasteiger partial charge on any atom is 0.235 e. The molecule has 0 atom stereocenters. The van der Waals surface area contributed by atoms with Gasteiger partial charge in [0, 0.05) is 7.05 Å². The number of aromatic nitrogens is 7. The normalized spacial score (nSPS) is 11.9. The lowest BCUT2D eigenvalue weighted by Gasteiger charge is -2.01. The van der Waals surface area contributed by atoms with Crippen LogP contribution in [-0.2, 0) is 7.05 Å². The topological polar surface area (TPSA) is 73.8 Å². The van der Waals surface area contributed by atoms with E-state index in [9.17, 15) is 0 Å². The zero-order valence-corrected chi connectivity index (χ0v) is 15.7. The molecule has 0 radical (unpaired) electrons. The summed E-state index contributed by atoms with van der Waals surface area (Å²) in [5.74, 6) is 1.07. The Hall–Kier alpha value is -2.13. The van der Waals surface area contributed by atoms with Gasteiger partial charge in [-0.1, -0.05) is 25.2 Å². The molecule has 0 unspecified atom stereocenters. The van der Waals surface area contributed by atoms with Gasteiger partial charge < -0.3 is 0 Å². The molecule has 0 aliphatic carbocycles. The van der Waals surface area contributed by atoms with Crippen LogP contribution in [0.4, 0.5) is 0 Å². The first-order chi connectivity index (χ1) is 11.4. The summed E-state index contributed by atoms with van der Waals surface area (Å²) >= 11 is 3.22. The number of aryl methyl sites for hydroxylation is 3. The second-order valence-electron chi connectivity index (χ2n) is 6.02. The summed E-state index contributed by atoms with van der Waals surface area (Å²) < 4.78 is 3.61. The first-order valence-corrected chi connectivity index (χ1v) is 9.28. The van der Waals surface area contributed by atoms with Gasteiger partial charge in [0.05, 0.1) is 21.3 Å². The first-order valence-electron chi connectivity index (χ1n) is 7.65. The molecule has 0 fully saturated rings. The van der Waals surface area contributed by atoms with Crippen LogP contribution in [0, 0.1) is 13.8 Å². The quantitative estimate of drug-likeness (QED) is 0.560. The van der Waals surface area contributed by atoms with Crippen LogP contribution < -0.4 is 0 Å². The van der Waals surface area contributed by atoms with Crippen molar-refractivity contribution in [2.45, 2.75) is 33.6 Å². The highest BCUT2D eigenvalue weighted by Gasteiger charge is 2.21. The lowest BCUT2D eigenvalue weighted by molar-refractivity contribution is 0.754. The van der Waals surface area contributed by atoms with Gasteiger partial charge in [0.1, 0.15) is 5.69 Å². The van der Waals surface area contributed by atoms with E-state index in [0.717, 1.165) is 36.9 Å². The number of rotatable bonds is 3. The molecule has 0 aromatic carbocycles. The zero-order valence-electron chi connectivity index (χ0n) is 14.1. The van der Waals surface area contributed by atoms with E-state index >= 15 is 0 Å². The average Bonchev–Trinajstić information content (AvgIpc) is 3.21. The minimum Gasteiger partial charge on any atom is -0.264 e. The second kappa shape index (κ2) is 5.45. The average molecular weight is 359 g/mol. The molecular weight excluding hydrogens is 342 g/mol. The Morgan fingerprint density at radius 3 is 2.54 bits per heavy atom. The van der Waals surface area contributed by atoms with Gasteiger partial charge in [-0.15, -0.1) is 21.5 Å².